The quantitative estimate of drug-likeness (QED) is 0.836. The second kappa shape index (κ2) is 8.79. The van der Waals surface area contributed by atoms with Crippen LogP contribution in [0.25, 0.3) is 11.1 Å². The van der Waals surface area contributed by atoms with Crippen LogP contribution in [0.2, 0.25) is 0 Å². The molecule has 4 heterocycles. The third-order valence-corrected chi connectivity index (χ3v) is 5.73. The summed E-state index contributed by atoms with van der Waals surface area (Å²) in [5.41, 5.74) is 9.38. The maximum absolute atomic E-state index is 11.6. The predicted molar refractivity (Wildman–Crippen MR) is 113 cm³/mol. The molecule has 2 aromatic rings. The Labute approximate surface area is 176 Å². The Morgan fingerprint density at radius 3 is 2.80 bits per heavy atom. The summed E-state index contributed by atoms with van der Waals surface area (Å²) in [5, 5.41) is 0. The molecule has 0 spiro atoms. The summed E-state index contributed by atoms with van der Waals surface area (Å²) in [7, 11) is 0. The van der Waals surface area contributed by atoms with Crippen molar-refractivity contribution in [1.29, 1.82) is 0 Å². The Kier molecular flexibility index (Phi) is 5.94. The number of fused-ring (bicyclic) bond motifs is 1. The number of hydrogen-bond donors (Lipinski definition) is 1. The van der Waals surface area contributed by atoms with E-state index in [2.05, 4.69) is 22.1 Å². The molecule has 0 aromatic carbocycles. The van der Waals surface area contributed by atoms with E-state index in [0.717, 1.165) is 54.5 Å². The van der Waals surface area contributed by atoms with Gasteiger partial charge in [0.05, 0.1) is 12.7 Å². The van der Waals surface area contributed by atoms with E-state index in [1.165, 1.54) is 4.90 Å². The summed E-state index contributed by atoms with van der Waals surface area (Å²) in [6.45, 7) is 4.11. The molecule has 1 unspecified atom stereocenters. The predicted octanol–water partition coefficient (Wildman–Crippen LogP) is 2.50. The number of rotatable bonds is 4. The normalized spacial score (nSPS) is 18.8. The lowest BCUT2D eigenvalue weighted by molar-refractivity contribution is -0.133. The Hall–Kier alpha value is -3.00. The van der Waals surface area contributed by atoms with Gasteiger partial charge in [-0.05, 0) is 48.9 Å². The summed E-state index contributed by atoms with van der Waals surface area (Å²) in [6.07, 6.45) is 9.07. The summed E-state index contributed by atoms with van der Waals surface area (Å²) < 4.78 is 6.06. The molecule has 158 valence electrons. The third-order valence-electron chi connectivity index (χ3n) is 5.73. The molecule has 8 nitrogen and oxygen atoms in total. The highest BCUT2D eigenvalue weighted by Crippen LogP contribution is 2.29. The number of nitrogens with zero attached hydrogens (tertiary/aromatic N) is 4. The molecule has 4 rings (SSSR count). The number of pyridine rings is 2. The van der Waals surface area contributed by atoms with E-state index >= 15 is 0 Å². The van der Waals surface area contributed by atoms with Gasteiger partial charge in [-0.2, -0.15) is 0 Å². The molecule has 0 saturated carbocycles. The lowest BCUT2D eigenvalue weighted by Crippen LogP contribution is -2.42. The van der Waals surface area contributed by atoms with Gasteiger partial charge in [0.1, 0.15) is 5.82 Å². The molecular weight excluding hydrogens is 382 g/mol. The first-order chi connectivity index (χ1) is 14.5. The zero-order chi connectivity index (χ0) is 21.1. The number of primary amides is 1. The number of carbonyl (C=O) groups is 2. The SMILES string of the molecule is CC(=O)N1CCCC(OCc2cncc(-c3cnc4c(c3)CCCN4C(N)=O)c2)C1. The zero-order valence-corrected chi connectivity index (χ0v) is 17.2. The number of piperidine rings is 1. The van der Waals surface area contributed by atoms with E-state index in [9.17, 15) is 9.59 Å². The van der Waals surface area contributed by atoms with E-state index in [1.54, 1.807) is 25.5 Å². The summed E-state index contributed by atoms with van der Waals surface area (Å²) >= 11 is 0. The number of ether oxygens (including phenoxy) is 1. The molecule has 30 heavy (non-hydrogen) atoms. The van der Waals surface area contributed by atoms with E-state index in [-0.39, 0.29) is 12.0 Å². The molecule has 2 aliphatic rings. The largest absolute Gasteiger partial charge is 0.372 e. The highest BCUT2D eigenvalue weighted by molar-refractivity contribution is 5.91. The zero-order valence-electron chi connectivity index (χ0n) is 17.2. The number of anilines is 1. The van der Waals surface area contributed by atoms with Gasteiger partial charge in [0.15, 0.2) is 0 Å². The number of aromatic nitrogens is 2. The van der Waals surface area contributed by atoms with Crippen LogP contribution < -0.4 is 10.6 Å². The van der Waals surface area contributed by atoms with Crippen LogP contribution in [0.5, 0.6) is 0 Å². The fourth-order valence-electron chi connectivity index (χ4n) is 4.13. The lowest BCUT2D eigenvalue weighted by Gasteiger charge is -2.32. The lowest BCUT2D eigenvalue weighted by atomic mass is 10.0. The van der Waals surface area contributed by atoms with E-state index in [4.69, 9.17) is 10.5 Å². The van der Waals surface area contributed by atoms with Gasteiger partial charge in [-0.15, -0.1) is 0 Å². The van der Waals surface area contributed by atoms with Crippen molar-refractivity contribution in [2.24, 2.45) is 5.73 Å². The number of amides is 3. The first kappa shape index (κ1) is 20.3. The maximum atomic E-state index is 11.6. The van der Waals surface area contributed by atoms with Crippen molar-refractivity contribution in [1.82, 2.24) is 14.9 Å². The third kappa shape index (κ3) is 4.43. The highest BCUT2D eigenvalue weighted by Gasteiger charge is 2.23. The topological polar surface area (TPSA) is 102 Å². The minimum Gasteiger partial charge on any atom is -0.372 e. The van der Waals surface area contributed by atoms with Crippen LogP contribution in [-0.4, -0.2) is 52.5 Å². The van der Waals surface area contributed by atoms with Gasteiger partial charge in [0.25, 0.3) is 0 Å². The van der Waals surface area contributed by atoms with Gasteiger partial charge >= 0.3 is 6.03 Å². The van der Waals surface area contributed by atoms with Gasteiger partial charge in [0.2, 0.25) is 5.91 Å². The second-order valence-corrected chi connectivity index (χ2v) is 7.92. The molecule has 1 atom stereocenters. The van der Waals surface area contributed by atoms with Crippen LogP contribution in [0, 0.1) is 0 Å². The van der Waals surface area contributed by atoms with Crippen molar-refractivity contribution < 1.29 is 14.3 Å². The van der Waals surface area contributed by atoms with Crippen LogP contribution in [0.4, 0.5) is 10.6 Å². The molecule has 8 heteroatoms. The van der Waals surface area contributed by atoms with E-state index in [1.807, 2.05) is 4.90 Å². The minimum absolute atomic E-state index is 0.0523. The van der Waals surface area contributed by atoms with Crippen molar-refractivity contribution in [3.05, 3.63) is 41.9 Å². The van der Waals surface area contributed by atoms with E-state index in [0.29, 0.717) is 25.5 Å². The molecule has 3 amide bonds. The summed E-state index contributed by atoms with van der Waals surface area (Å²) in [5.74, 6) is 0.749. The molecule has 0 aliphatic carbocycles. The van der Waals surface area contributed by atoms with E-state index < -0.39 is 6.03 Å². The molecule has 0 bridgehead atoms. The number of likely N-dealkylation sites (tertiary alicyclic amines) is 1. The van der Waals surface area contributed by atoms with Gasteiger partial charge < -0.3 is 15.4 Å². The summed E-state index contributed by atoms with van der Waals surface area (Å²) in [4.78, 5) is 35.5. The fraction of sp³-hybridized carbons (Fsp3) is 0.455. The summed E-state index contributed by atoms with van der Waals surface area (Å²) in [6, 6.07) is 3.64. The number of urea groups is 1. The van der Waals surface area contributed by atoms with Crippen molar-refractivity contribution in [3.8, 4) is 11.1 Å². The molecular formula is C22H27N5O3. The minimum atomic E-state index is -0.469. The maximum Gasteiger partial charge on any atom is 0.320 e. The molecule has 2 aromatic heterocycles. The van der Waals surface area contributed by atoms with Crippen molar-refractivity contribution in [2.75, 3.05) is 24.5 Å². The first-order valence-electron chi connectivity index (χ1n) is 10.4. The highest BCUT2D eigenvalue weighted by atomic mass is 16.5. The van der Waals surface area contributed by atoms with Gasteiger partial charge in [0, 0.05) is 56.3 Å². The van der Waals surface area contributed by atoms with Crippen molar-refractivity contribution in [2.45, 2.75) is 45.3 Å². The van der Waals surface area contributed by atoms with Crippen LogP contribution >= 0.6 is 0 Å². The van der Waals surface area contributed by atoms with Gasteiger partial charge in [-0.3, -0.25) is 14.7 Å². The number of nitrogens with two attached hydrogens (primary N) is 1. The number of hydrogen-bond acceptors (Lipinski definition) is 5. The monoisotopic (exact) mass is 409 g/mol. The molecule has 1 fully saturated rings. The molecule has 1 saturated heterocycles. The van der Waals surface area contributed by atoms with Crippen LogP contribution in [0.1, 0.15) is 37.3 Å². The van der Waals surface area contributed by atoms with Crippen LogP contribution in [0.15, 0.2) is 30.7 Å². The standard InChI is InChI=1S/C22H27N5O3/c1-15(28)26-6-3-5-20(13-26)30-14-16-8-18(11-24-10-16)19-9-17-4-2-7-27(22(23)29)21(17)25-12-19/h8-12,20H,2-7,13-14H2,1H3,(H2,23,29). The molecule has 2 N–H and O–H groups in total. The van der Waals surface area contributed by atoms with Crippen LogP contribution in [-0.2, 0) is 22.6 Å². The number of carbonyl (C=O) groups excluding carboxylic acids is 2. The number of aryl methyl sites for hydroxylation is 1. The van der Waals surface area contributed by atoms with Crippen LogP contribution in [0.3, 0.4) is 0 Å². The smallest absolute Gasteiger partial charge is 0.320 e. The van der Waals surface area contributed by atoms with Gasteiger partial charge in [-0.1, -0.05) is 0 Å². The Morgan fingerprint density at radius 1 is 1.17 bits per heavy atom. The van der Waals surface area contributed by atoms with Gasteiger partial charge in [-0.25, -0.2) is 9.78 Å². The van der Waals surface area contributed by atoms with Crippen molar-refractivity contribution >= 4 is 17.8 Å². The molecule has 2 aliphatic heterocycles. The average Bonchev–Trinajstić information content (AvgIpc) is 2.77. The molecule has 0 radical (unpaired) electrons. The Morgan fingerprint density at radius 2 is 2.00 bits per heavy atom. The fourth-order valence-corrected chi connectivity index (χ4v) is 4.13. The average molecular weight is 409 g/mol. The Bertz CT molecular complexity index is 948. The van der Waals surface area contributed by atoms with Crippen molar-refractivity contribution in [3.63, 3.8) is 0 Å². The Balaban J connectivity index is 1.46. The first-order valence-corrected chi connectivity index (χ1v) is 10.4. The second-order valence-electron chi connectivity index (χ2n) is 7.92.